The van der Waals surface area contributed by atoms with Gasteiger partial charge in [0.05, 0.1) is 0 Å². The van der Waals surface area contributed by atoms with Gasteiger partial charge in [-0.1, -0.05) is 0 Å². The quantitative estimate of drug-likeness (QED) is 0.815. The number of hydrogen-bond donors (Lipinski definition) is 2. The lowest BCUT2D eigenvalue weighted by Crippen LogP contribution is -2.25. The molecule has 1 heterocycles. The molecule has 1 aliphatic rings. The van der Waals surface area contributed by atoms with Crippen molar-refractivity contribution in [2.45, 2.75) is 5.92 Å². The van der Waals surface area contributed by atoms with Crippen LogP contribution in [0.1, 0.15) is 11.5 Å². The third-order valence-electron chi connectivity index (χ3n) is 2.58. The van der Waals surface area contributed by atoms with Crippen molar-refractivity contribution in [2.24, 2.45) is 5.73 Å². The summed E-state index contributed by atoms with van der Waals surface area (Å²) in [5, 5.41) is 9.01. The van der Waals surface area contributed by atoms with Crippen LogP contribution in [0.5, 0.6) is 11.5 Å². The first-order chi connectivity index (χ1) is 8.15. The van der Waals surface area contributed by atoms with Crippen molar-refractivity contribution in [3.8, 4) is 11.5 Å². The molecular formula is C11H12FNO4. The predicted octanol–water partition coefficient (Wildman–Crippen LogP) is 0.724. The Labute approximate surface area is 96.9 Å². The lowest BCUT2D eigenvalue weighted by Gasteiger charge is -2.23. The van der Waals surface area contributed by atoms with Crippen molar-refractivity contribution < 1.29 is 23.8 Å². The molecule has 2 rings (SSSR count). The molecular weight excluding hydrogens is 229 g/mol. The normalized spacial score (nSPS) is 15.4. The van der Waals surface area contributed by atoms with Crippen molar-refractivity contribution in [2.75, 3.05) is 19.8 Å². The molecule has 1 aromatic rings. The van der Waals surface area contributed by atoms with Gasteiger partial charge in [0.25, 0.3) is 0 Å². The number of benzene rings is 1. The average molecular weight is 241 g/mol. The molecule has 0 radical (unpaired) electrons. The van der Waals surface area contributed by atoms with E-state index in [1.807, 2.05) is 0 Å². The highest BCUT2D eigenvalue weighted by molar-refractivity contribution is 5.78. The second-order valence-electron chi connectivity index (χ2n) is 3.61. The molecule has 17 heavy (non-hydrogen) atoms. The third kappa shape index (κ3) is 2.03. The summed E-state index contributed by atoms with van der Waals surface area (Å²) in [7, 11) is 0. The summed E-state index contributed by atoms with van der Waals surface area (Å²) < 4.78 is 24.3. The van der Waals surface area contributed by atoms with Crippen LogP contribution >= 0.6 is 0 Å². The highest BCUT2D eigenvalue weighted by Crippen LogP contribution is 2.39. The van der Waals surface area contributed by atoms with E-state index in [0.29, 0.717) is 12.4 Å². The highest BCUT2D eigenvalue weighted by Gasteiger charge is 2.29. The molecule has 0 aliphatic carbocycles. The summed E-state index contributed by atoms with van der Waals surface area (Å²) in [6, 6.07) is 2.58. The van der Waals surface area contributed by atoms with Gasteiger partial charge in [0.2, 0.25) is 0 Å². The van der Waals surface area contributed by atoms with Crippen LogP contribution in [0.15, 0.2) is 12.1 Å². The Morgan fingerprint density at radius 1 is 1.47 bits per heavy atom. The number of carbonyl (C=O) groups is 1. The molecule has 1 aromatic carbocycles. The number of carboxylic acids is 1. The highest BCUT2D eigenvalue weighted by atomic mass is 19.1. The lowest BCUT2D eigenvalue weighted by atomic mass is 9.97. The van der Waals surface area contributed by atoms with Gasteiger partial charge in [0, 0.05) is 12.1 Å². The first kappa shape index (κ1) is 11.7. The van der Waals surface area contributed by atoms with E-state index >= 15 is 0 Å². The van der Waals surface area contributed by atoms with Gasteiger partial charge < -0.3 is 20.3 Å². The zero-order valence-corrected chi connectivity index (χ0v) is 8.98. The van der Waals surface area contributed by atoms with Gasteiger partial charge in [0.1, 0.15) is 24.9 Å². The first-order valence-corrected chi connectivity index (χ1v) is 5.16. The maximum Gasteiger partial charge on any atom is 0.312 e. The molecule has 92 valence electrons. The van der Waals surface area contributed by atoms with Crippen LogP contribution in [0.2, 0.25) is 0 Å². The molecule has 6 heteroatoms. The minimum atomic E-state index is -1.19. The molecule has 5 nitrogen and oxygen atoms in total. The predicted molar refractivity (Wildman–Crippen MR) is 56.8 cm³/mol. The smallest absolute Gasteiger partial charge is 0.312 e. The molecule has 0 saturated carbocycles. The minimum Gasteiger partial charge on any atom is -0.486 e. The largest absolute Gasteiger partial charge is 0.486 e. The number of ether oxygens (including phenoxy) is 2. The molecule has 3 N–H and O–H groups in total. The van der Waals surface area contributed by atoms with Gasteiger partial charge in [0.15, 0.2) is 11.5 Å². The number of aliphatic carboxylic acids is 1. The number of fused-ring (bicyclic) bond motifs is 1. The molecule has 1 aliphatic heterocycles. The number of hydrogen-bond acceptors (Lipinski definition) is 4. The van der Waals surface area contributed by atoms with Crippen molar-refractivity contribution in [1.82, 2.24) is 0 Å². The third-order valence-corrected chi connectivity index (χ3v) is 2.58. The molecule has 1 atom stereocenters. The van der Waals surface area contributed by atoms with Crippen LogP contribution in [0.3, 0.4) is 0 Å². The molecule has 0 fully saturated rings. The molecule has 1 unspecified atom stereocenters. The van der Waals surface area contributed by atoms with Gasteiger partial charge in [-0.3, -0.25) is 4.79 Å². The van der Waals surface area contributed by atoms with Crippen LogP contribution in [0.25, 0.3) is 0 Å². The van der Waals surface area contributed by atoms with E-state index in [9.17, 15) is 9.18 Å². The number of carboxylic acid groups (broad SMARTS) is 1. The van der Waals surface area contributed by atoms with Crippen molar-refractivity contribution >= 4 is 5.97 Å². The van der Waals surface area contributed by atoms with E-state index < -0.39 is 17.7 Å². The Hall–Kier alpha value is -1.82. The van der Waals surface area contributed by atoms with Crippen LogP contribution < -0.4 is 15.2 Å². The summed E-state index contributed by atoms with van der Waals surface area (Å²) in [5.74, 6) is -2.46. The molecule has 0 bridgehead atoms. The fraction of sp³-hybridized carbons (Fsp3) is 0.364. The van der Waals surface area contributed by atoms with Gasteiger partial charge in [-0.25, -0.2) is 4.39 Å². The van der Waals surface area contributed by atoms with Crippen molar-refractivity contribution in [3.63, 3.8) is 0 Å². The van der Waals surface area contributed by atoms with Gasteiger partial charge in [-0.2, -0.15) is 0 Å². The molecule has 0 spiro atoms. The zero-order chi connectivity index (χ0) is 12.4. The number of halogens is 1. The lowest BCUT2D eigenvalue weighted by molar-refractivity contribution is -0.138. The Balaban J connectivity index is 2.54. The van der Waals surface area contributed by atoms with E-state index in [1.54, 1.807) is 0 Å². The molecule has 0 aromatic heterocycles. The Bertz CT molecular complexity index is 449. The Morgan fingerprint density at radius 3 is 2.82 bits per heavy atom. The van der Waals surface area contributed by atoms with E-state index in [0.717, 1.165) is 6.07 Å². The van der Waals surface area contributed by atoms with Crippen molar-refractivity contribution in [3.05, 3.63) is 23.5 Å². The van der Waals surface area contributed by atoms with Crippen molar-refractivity contribution in [1.29, 1.82) is 0 Å². The number of rotatable bonds is 3. The van der Waals surface area contributed by atoms with Gasteiger partial charge in [-0.05, 0) is 12.1 Å². The molecule has 0 amide bonds. The zero-order valence-electron chi connectivity index (χ0n) is 8.98. The standard InChI is InChI=1S/C11H12FNO4/c12-7-1-2-8-10(17-4-3-16-8)9(7)6(5-13)11(14)15/h1-2,6H,3-5,13H2,(H,14,15). The van der Waals surface area contributed by atoms with E-state index in [1.165, 1.54) is 6.07 Å². The van der Waals surface area contributed by atoms with Gasteiger partial charge in [-0.15, -0.1) is 0 Å². The topological polar surface area (TPSA) is 81.8 Å². The second-order valence-corrected chi connectivity index (χ2v) is 3.61. The fourth-order valence-corrected chi connectivity index (χ4v) is 1.78. The SMILES string of the molecule is NCC(C(=O)O)c1c(F)ccc2c1OCCO2. The first-order valence-electron chi connectivity index (χ1n) is 5.16. The fourth-order valence-electron chi connectivity index (χ4n) is 1.78. The van der Waals surface area contributed by atoms with Gasteiger partial charge >= 0.3 is 5.97 Å². The summed E-state index contributed by atoms with van der Waals surface area (Å²) >= 11 is 0. The average Bonchev–Trinajstić information content (AvgIpc) is 2.32. The summed E-state index contributed by atoms with van der Waals surface area (Å²) in [6.07, 6.45) is 0. The van der Waals surface area contributed by atoms with E-state index in [2.05, 4.69) is 0 Å². The van der Waals surface area contributed by atoms with Crippen LogP contribution in [-0.4, -0.2) is 30.8 Å². The van der Waals surface area contributed by atoms with Crippen LogP contribution in [0, 0.1) is 5.82 Å². The van der Waals surface area contributed by atoms with E-state index in [4.69, 9.17) is 20.3 Å². The van der Waals surface area contributed by atoms with Crippen LogP contribution in [0.4, 0.5) is 4.39 Å². The minimum absolute atomic E-state index is 0.0443. The monoisotopic (exact) mass is 241 g/mol. The Kier molecular flexibility index (Phi) is 3.14. The second kappa shape index (κ2) is 4.58. The number of nitrogens with two attached hydrogens (primary N) is 1. The summed E-state index contributed by atoms with van der Waals surface area (Å²) in [5.41, 5.74) is 5.32. The molecule has 0 saturated heterocycles. The maximum absolute atomic E-state index is 13.7. The summed E-state index contributed by atoms with van der Waals surface area (Å²) in [4.78, 5) is 11.0. The maximum atomic E-state index is 13.7. The summed E-state index contributed by atoms with van der Waals surface area (Å²) in [6.45, 7) is 0.421. The van der Waals surface area contributed by atoms with Crippen LogP contribution in [-0.2, 0) is 4.79 Å². The Morgan fingerprint density at radius 2 is 2.18 bits per heavy atom. The van der Waals surface area contributed by atoms with E-state index in [-0.39, 0.29) is 24.5 Å².